The van der Waals surface area contributed by atoms with E-state index in [4.69, 9.17) is 16.2 Å². The lowest BCUT2D eigenvalue weighted by Crippen LogP contribution is -2.39. The van der Waals surface area contributed by atoms with Crippen molar-refractivity contribution in [3.63, 3.8) is 0 Å². The summed E-state index contributed by atoms with van der Waals surface area (Å²) < 4.78 is 7.27. The lowest BCUT2D eigenvalue weighted by Gasteiger charge is -2.16. The molecular formula is C26H41N9O6S. The molecule has 3 aliphatic rings. The van der Waals surface area contributed by atoms with Gasteiger partial charge in [0.25, 0.3) is 0 Å². The summed E-state index contributed by atoms with van der Waals surface area (Å²) >= 11 is 1.90. The van der Waals surface area contributed by atoms with E-state index in [1.807, 2.05) is 11.8 Å². The summed E-state index contributed by atoms with van der Waals surface area (Å²) in [6.07, 6.45) is 5.43. The number of nitrogen functional groups attached to an aromatic ring is 1. The molecule has 0 unspecified atom stereocenters. The number of imidazole rings is 1. The Balaban J connectivity index is 0.000000216. The van der Waals surface area contributed by atoms with Gasteiger partial charge in [-0.05, 0) is 19.3 Å². The van der Waals surface area contributed by atoms with Crippen molar-refractivity contribution in [2.45, 2.75) is 100 Å². The molecule has 0 saturated carbocycles. The number of hydrogen-bond donors (Lipinski definition) is 7. The highest BCUT2D eigenvalue weighted by molar-refractivity contribution is 8.00. The molecule has 5 rings (SSSR count). The molecule has 0 aromatic carbocycles. The number of nitrogens with one attached hydrogen (secondary N) is 3. The Morgan fingerprint density at radius 1 is 1.14 bits per heavy atom. The maximum Gasteiger partial charge on any atom is 0.315 e. The van der Waals surface area contributed by atoms with Crippen molar-refractivity contribution in [2.75, 3.05) is 18.0 Å². The van der Waals surface area contributed by atoms with E-state index in [0.29, 0.717) is 35.3 Å². The Morgan fingerprint density at radius 3 is 2.69 bits per heavy atom. The van der Waals surface area contributed by atoms with Gasteiger partial charge in [0.15, 0.2) is 17.7 Å². The minimum Gasteiger partial charge on any atom is -0.387 e. The van der Waals surface area contributed by atoms with Crippen LogP contribution in [0.25, 0.3) is 11.2 Å². The average Bonchev–Trinajstić information content (AvgIpc) is 3.71. The molecule has 3 saturated heterocycles. The van der Waals surface area contributed by atoms with E-state index in [0.717, 1.165) is 44.3 Å². The molecule has 232 valence electrons. The van der Waals surface area contributed by atoms with Crippen LogP contribution < -0.4 is 27.4 Å². The monoisotopic (exact) mass is 607 g/mol. The van der Waals surface area contributed by atoms with Gasteiger partial charge in [-0.15, -0.1) is 0 Å². The number of carbonyl (C=O) groups is 3. The van der Waals surface area contributed by atoms with Crippen molar-refractivity contribution < 1.29 is 29.3 Å². The molecule has 0 aliphatic carbocycles. The van der Waals surface area contributed by atoms with Crippen LogP contribution in [0.2, 0.25) is 0 Å². The molecule has 0 spiro atoms. The fourth-order valence-corrected chi connectivity index (χ4v) is 6.85. The van der Waals surface area contributed by atoms with Gasteiger partial charge in [-0.3, -0.25) is 14.2 Å². The third-order valence-corrected chi connectivity index (χ3v) is 9.11. The van der Waals surface area contributed by atoms with Gasteiger partial charge in [0.2, 0.25) is 11.8 Å². The van der Waals surface area contributed by atoms with Crippen molar-refractivity contribution in [1.29, 1.82) is 0 Å². The van der Waals surface area contributed by atoms with Gasteiger partial charge in [-0.2, -0.15) is 11.8 Å². The van der Waals surface area contributed by atoms with Crippen molar-refractivity contribution in [2.24, 2.45) is 5.73 Å². The number of fused-ring (bicyclic) bond motifs is 2. The molecule has 0 radical (unpaired) electrons. The predicted molar refractivity (Wildman–Crippen MR) is 156 cm³/mol. The number of carbonyl (C=O) groups excluding carboxylic acids is 3. The Labute approximate surface area is 247 Å². The number of aliphatic hydroxyl groups is 2. The molecule has 3 aliphatic heterocycles. The number of urea groups is 1. The van der Waals surface area contributed by atoms with Crippen LogP contribution in [0.4, 0.5) is 10.6 Å². The quantitative estimate of drug-likeness (QED) is 0.125. The lowest BCUT2D eigenvalue weighted by molar-refractivity contribution is -0.122. The zero-order valence-corrected chi connectivity index (χ0v) is 24.5. The standard InChI is InChI=1S/C16H24N6O4.C10H17N3O2S/c1-2-3-4-5-10(23)18-6-9-12(24)13(25)16(26-9)22-8-21-11-14(17)19-7-20-15(11)22;11-8(14)4-2-1-3-7-9-6(5-16-7)12-10(15)13-9/h7-9,12-13,16,24-25H,2-6H2,1H3,(H,18,23)(H2,17,19,20);6-7,9H,1-5H2,(H2,11,14)(H2,12,13,15)/t9-,12-,13-,16-;6-,7-,9-/m10/s1. The number of aromatic nitrogens is 4. The van der Waals surface area contributed by atoms with Crippen molar-refractivity contribution in [3.8, 4) is 0 Å². The van der Waals surface area contributed by atoms with Gasteiger partial charge in [-0.25, -0.2) is 19.7 Å². The molecule has 5 heterocycles. The maximum absolute atomic E-state index is 11.8. The van der Waals surface area contributed by atoms with Crippen LogP contribution in [0.1, 0.15) is 64.5 Å². The normalized spacial score (nSPS) is 28.1. The average molecular weight is 608 g/mol. The first-order valence-electron chi connectivity index (χ1n) is 14.4. The Hall–Kier alpha value is -3.21. The molecule has 3 fully saturated rings. The lowest BCUT2D eigenvalue weighted by atomic mass is 10.0. The number of unbranched alkanes of at least 4 members (excludes halogenated alkanes) is 3. The molecule has 42 heavy (non-hydrogen) atoms. The summed E-state index contributed by atoms with van der Waals surface area (Å²) in [5.74, 6) is 0.885. The number of rotatable bonds is 12. The second-order valence-corrected chi connectivity index (χ2v) is 12.0. The molecule has 4 amide bonds. The van der Waals surface area contributed by atoms with Gasteiger partial charge >= 0.3 is 6.03 Å². The van der Waals surface area contributed by atoms with E-state index in [2.05, 4.69) is 37.8 Å². The van der Waals surface area contributed by atoms with Crippen molar-refractivity contribution in [1.82, 2.24) is 35.5 Å². The molecule has 7 atom stereocenters. The number of aliphatic hydroxyl groups excluding tert-OH is 2. The number of ether oxygens (including phenoxy) is 1. The first kappa shape index (κ1) is 31.7. The highest BCUT2D eigenvalue weighted by atomic mass is 32.2. The first-order valence-corrected chi connectivity index (χ1v) is 15.4. The summed E-state index contributed by atoms with van der Waals surface area (Å²) in [6.45, 7) is 2.18. The second-order valence-electron chi connectivity index (χ2n) is 10.7. The maximum atomic E-state index is 11.8. The second kappa shape index (κ2) is 14.8. The molecule has 0 bridgehead atoms. The van der Waals surface area contributed by atoms with E-state index in [9.17, 15) is 24.6 Å². The van der Waals surface area contributed by atoms with Gasteiger partial charge < -0.3 is 42.4 Å². The molecule has 2 aromatic heterocycles. The third-order valence-electron chi connectivity index (χ3n) is 7.61. The number of amides is 4. The van der Waals surface area contributed by atoms with Crippen molar-refractivity contribution in [3.05, 3.63) is 12.7 Å². The van der Waals surface area contributed by atoms with Crippen LogP contribution in [-0.2, 0) is 14.3 Å². The van der Waals surface area contributed by atoms with Crippen LogP contribution in [0.3, 0.4) is 0 Å². The number of nitrogens with zero attached hydrogens (tertiary/aromatic N) is 4. The van der Waals surface area contributed by atoms with Crippen LogP contribution >= 0.6 is 11.8 Å². The minimum absolute atomic E-state index is 0.0440. The number of hydrogen-bond acceptors (Lipinski definition) is 11. The highest BCUT2D eigenvalue weighted by Crippen LogP contribution is 2.33. The summed E-state index contributed by atoms with van der Waals surface area (Å²) in [5, 5.41) is 29.7. The molecule has 9 N–H and O–H groups in total. The van der Waals surface area contributed by atoms with Crippen LogP contribution in [0, 0.1) is 0 Å². The number of thioether (sulfide) groups is 1. The van der Waals surface area contributed by atoms with Crippen LogP contribution in [0.15, 0.2) is 12.7 Å². The molecular weight excluding hydrogens is 566 g/mol. The summed E-state index contributed by atoms with van der Waals surface area (Å²) in [5.41, 5.74) is 11.6. The summed E-state index contributed by atoms with van der Waals surface area (Å²) in [4.78, 5) is 45.6. The number of anilines is 1. The van der Waals surface area contributed by atoms with E-state index in [1.165, 1.54) is 17.2 Å². The SMILES string of the molecule is CCCCCC(=O)NC[C@H]1O[C@@H](n2cnc3c(N)ncnc32)[C@H](O)[C@@H]1O.NC(=O)CCCC[C@@H]1SC[C@@H]2NC(=O)N[C@@H]21. The largest absolute Gasteiger partial charge is 0.387 e. The number of nitrogens with two attached hydrogens (primary N) is 2. The predicted octanol–water partition coefficient (Wildman–Crippen LogP) is -0.0783. The molecule has 16 heteroatoms. The first-order chi connectivity index (χ1) is 20.2. The topological polar surface area (TPSA) is 233 Å². The van der Waals surface area contributed by atoms with E-state index in [1.54, 1.807) is 0 Å². The smallest absolute Gasteiger partial charge is 0.315 e. The minimum atomic E-state index is -1.19. The van der Waals surface area contributed by atoms with Gasteiger partial charge in [0.1, 0.15) is 30.2 Å². The zero-order valence-electron chi connectivity index (χ0n) is 23.6. The summed E-state index contributed by atoms with van der Waals surface area (Å²) in [7, 11) is 0. The summed E-state index contributed by atoms with van der Waals surface area (Å²) in [6, 6.07) is 0.516. The Morgan fingerprint density at radius 2 is 1.93 bits per heavy atom. The zero-order chi connectivity index (χ0) is 30.2. The third kappa shape index (κ3) is 7.79. The van der Waals surface area contributed by atoms with Crippen LogP contribution in [-0.4, -0.2) is 95.5 Å². The number of primary amides is 1. The van der Waals surface area contributed by atoms with E-state index >= 15 is 0 Å². The molecule has 15 nitrogen and oxygen atoms in total. The highest BCUT2D eigenvalue weighted by Gasteiger charge is 2.44. The fourth-order valence-electron chi connectivity index (χ4n) is 5.31. The Bertz CT molecular complexity index is 1230. The van der Waals surface area contributed by atoms with E-state index < -0.39 is 24.5 Å². The Kier molecular flexibility index (Phi) is 11.2. The van der Waals surface area contributed by atoms with Gasteiger partial charge in [-0.1, -0.05) is 26.2 Å². The van der Waals surface area contributed by atoms with Crippen LogP contribution in [0.5, 0.6) is 0 Å². The van der Waals surface area contributed by atoms with E-state index in [-0.39, 0.29) is 36.2 Å². The van der Waals surface area contributed by atoms with Crippen molar-refractivity contribution >= 4 is 46.6 Å². The van der Waals surface area contributed by atoms with Gasteiger partial charge in [0.05, 0.1) is 18.4 Å². The molecule has 2 aromatic rings. The van der Waals surface area contributed by atoms with Gasteiger partial charge in [0, 0.05) is 30.4 Å². The fraction of sp³-hybridized carbons (Fsp3) is 0.692.